The van der Waals surface area contributed by atoms with Crippen molar-refractivity contribution in [3.63, 3.8) is 0 Å². The van der Waals surface area contributed by atoms with Crippen LogP contribution in [-0.4, -0.2) is 22.3 Å². The van der Waals surface area contributed by atoms with Crippen LogP contribution in [-0.2, 0) is 9.59 Å². The minimum absolute atomic E-state index is 0.0643. The number of carbonyl (C=O) groups is 2. The largest absolute Gasteiger partial charge is 0.381 e. The van der Waals surface area contributed by atoms with Gasteiger partial charge in [0.15, 0.2) is 5.78 Å². The van der Waals surface area contributed by atoms with Crippen LogP contribution in [0.15, 0.2) is 11.6 Å². The van der Waals surface area contributed by atoms with E-state index in [2.05, 4.69) is 26.8 Å². The summed E-state index contributed by atoms with van der Waals surface area (Å²) in [7, 11) is 0. The second-order valence-corrected chi connectivity index (χ2v) is 9.93. The molecule has 138 valence electrons. The third-order valence-corrected chi connectivity index (χ3v) is 8.96. The highest BCUT2D eigenvalue weighted by atomic mass is 16.3. The summed E-state index contributed by atoms with van der Waals surface area (Å²) in [4.78, 5) is 24.3. The van der Waals surface area contributed by atoms with Crippen LogP contribution in [0.3, 0.4) is 0 Å². The SMILES string of the molecule is CC(=O)[C@@]1(O)CC[C@H]2[C@@H]3CC(C)C4CC(=O)CC[C@]4(C)C3=CC[C@@]21C. The lowest BCUT2D eigenvalue weighted by molar-refractivity contribution is -0.151. The zero-order valence-electron chi connectivity index (χ0n) is 16.1. The molecular formula is C22H32O3. The zero-order valence-corrected chi connectivity index (χ0v) is 16.1. The van der Waals surface area contributed by atoms with Gasteiger partial charge in [-0.15, -0.1) is 0 Å². The highest BCUT2D eigenvalue weighted by Crippen LogP contribution is 2.67. The minimum atomic E-state index is -1.16. The predicted molar refractivity (Wildman–Crippen MR) is 96.9 cm³/mol. The number of Topliss-reactive ketones (excluding diaryl/α,β-unsaturated/α-hetero) is 2. The maximum absolute atomic E-state index is 12.3. The van der Waals surface area contributed by atoms with E-state index in [9.17, 15) is 14.7 Å². The van der Waals surface area contributed by atoms with Crippen molar-refractivity contribution in [2.24, 2.45) is 34.5 Å². The van der Waals surface area contributed by atoms with Crippen molar-refractivity contribution in [1.29, 1.82) is 0 Å². The van der Waals surface area contributed by atoms with Crippen molar-refractivity contribution in [1.82, 2.24) is 0 Å². The summed E-state index contributed by atoms with van der Waals surface area (Å²) in [5.74, 6) is 2.22. The topological polar surface area (TPSA) is 54.4 Å². The Morgan fingerprint density at radius 3 is 2.64 bits per heavy atom. The Bertz CT molecular complexity index is 664. The quantitative estimate of drug-likeness (QED) is 0.729. The van der Waals surface area contributed by atoms with Gasteiger partial charge in [-0.25, -0.2) is 0 Å². The summed E-state index contributed by atoms with van der Waals surface area (Å²) in [6.45, 7) is 8.40. The Labute approximate surface area is 151 Å². The summed E-state index contributed by atoms with van der Waals surface area (Å²) in [6, 6.07) is 0. The maximum atomic E-state index is 12.3. The molecule has 3 saturated carbocycles. The molecule has 25 heavy (non-hydrogen) atoms. The van der Waals surface area contributed by atoms with Crippen LogP contribution in [0.1, 0.15) is 72.6 Å². The fourth-order valence-corrected chi connectivity index (χ4v) is 7.37. The fourth-order valence-electron chi connectivity index (χ4n) is 7.37. The van der Waals surface area contributed by atoms with Crippen LogP contribution in [0.4, 0.5) is 0 Å². The molecule has 0 radical (unpaired) electrons. The van der Waals surface area contributed by atoms with E-state index in [0.717, 1.165) is 32.1 Å². The first-order valence-corrected chi connectivity index (χ1v) is 10.1. The Hall–Kier alpha value is -0.960. The molecule has 3 nitrogen and oxygen atoms in total. The van der Waals surface area contributed by atoms with E-state index in [0.29, 0.717) is 42.3 Å². The number of ketones is 2. The molecule has 0 spiro atoms. The second kappa shape index (κ2) is 5.28. The molecule has 3 heteroatoms. The van der Waals surface area contributed by atoms with Gasteiger partial charge in [-0.05, 0) is 68.1 Å². The first kappa shape index (κ1) is 17.5. The van der Waals surface area contributed by atoms with Crippen molar-refractivity contribution in [3.8, 4) is 0 Å². The Balaban J connectivity index is 1.76. The average molecular weight is 344 g/mol. The van der Waals surface area contributed by atoms with E-state index in [1.165, 1.54) is 0 Å². The molecule has 2 unspecified atom stereocenters. The van der Waals surface area contributed by atoms with E-state index in [-0.39, 0.29) is 16.6 Å². The summed E-state index contributed by atoms with van der Waals surface area (Å²) in [5, 5.41) is 11.2. The number of allylic oxidation sites excluding steroid dienone is 2. The number of fused-ring (bicyclic) bond motifs is 5. The van der Waals surface area contributed by atoms with Gasteiger partial charge in [-0.1, -0.05) is 32.4 Å². The standard InChI is InChI=1S/C22H32O3/c1-13-11-16-17(20(3)8-5-15(24)12-19(13)20)6-9-21(4)18(16)7-10-22(21,25)14(2)23/h6,13,16,18-19,25H,5,7-12H2,1-4H3/t13?,16-,18+,19?,20-,21+,22+/m1/s1. The molecule has 0 aliphatic heterocycles. The normalized spacial score (nSPS) is 52.0. The van der Waals surface area contributed by atoms with Gasteiger partial charge in [0.1, 0.15) is 11.4 Å². The Morgan fingerprint density at radius 2 is 1.96 bits per heavy atom. The fraction of sp³-hybridized carbons (Fsp3) is 0.818. The molecule has 0 aromatic carbocycles. The second-order valence-electron chi connectivity index (χ2n) is 9.93. The van der Waals surface area contributed by atoms with Crippen LogP contribution >= 0.6 is 0 Å². The van der Waals surface area contributed by atoms with Crippen molar-refractivity contribution < 1.29 is 14.7 Å². The summed E-state index contributed by atoms with van der Waals surface area (Å²) >= 11 is 0. The predicted octanol–water partition coefficient (Wildman–Crippen LogP) is 4.08. The first-order valence-electron chi connectivity index (χ1n) is 10.1. The molecule has 0 amide bonds. The maximum Gasteiger partial charge on any atom is 0.161 e. The number of aliphatic hydroxyl groups is 1. The van der Waals surface area contributed by atoms with Crippen LogP contribution in [0.2, 0.25) is 0 Å². The van der Waals surface area contributed by atoms with Crippen molar-refractivity contribution in [2.75, 3.05) is 0 Å². The monoisotopic (exact) mass is 344 g/mol. The lowest BCUT2D eigenvalue weighted by atomic mass is 9.46. The smallest absolute Gasteiger partial charge is 0.161 e. The Kier molecular flexibility index (Phi) is 3.69. The lowest BCUT2D eigenvalue weighted by Crippen LogP contribution is -2.55. The van der Waals surface area contributed by atoms with Crippen LogP contribution < -0.4 is 0 Å². The molecule has 0 heterocycles. The Morgan fingerprint density at radius 1 is 1.24 bits per heavy atom. The van der Waals surface area contributed by atoms with Crippen molar-refractivity contribution in [2.45, 2.75) is 78.2 Å². The average Bonchev–Trinajstić information content (AvgIpc) is 2.83. The summed E-state index contributed by atoms with van der Waals surface area (Å²) in [5.41, 5.74) is 0.191. The number of hydrogen-bond donors (Lipinski definition) is 1. The van der Waals surface area contributed by atoms with Gasteiger partial charge in [-0.3, -0.25) is 9.59 Å². The molecule has 0 aromatic heterocycles. The van der Waals surface area contributed by atoms with E-state index < -0.39 is 5.60 Å². The molecule has 4 aliphatic rings. The molecule has 1 N–H and O–H groups in total. The molecular weight excluding hydrogens is 312 g/mol. The van der Waals surface area contributed by atoms with Gasteiger partial charge in [0.25, 0.3) is 0 Å². The van der Waals surface area contributed by atoms with Crippen LogP contribution in [0, 0.1) is 34.5 Å². The molecule has 0 aromatic rings. The molecule has 0 saturated heterocycles. The van der Waals surface area contributed by atoms with Crippen molar-refractivity contribution >= 4 is 11.6 Å². The number of hydrogen-bond acceptors (Lipinski definition) is 3. The minimum Gasteiger partial charge on any atom is -0.381 e. The van der Waals surface area contributed by atoms with E-state index in [4.69, 9.17) is 0 Å². The van der Waals surface area contributed by atoms with E-state index in [1.807, 2.05) is 0 Å². The van der Waals surface area contributed by atoms with Gasteiger partial charge in [0.05, 0.1) is 0 Å². The van der Waals surface area contributed by atoms with Gasteiger partial charge in [0.2, 0.25) is 0 Å². The third kappa shape index (κ3) is 2.08. The van der Waals surface area contributed by atoms with E-state index >= 15 is 0 Å². The molecule has 4 aliphatic carbocycles. The first-order chi connectivity index (χ1) is 11.6. The lowest BCUT2D eigenvalue weighted by Gasteiger charge is -2.58. The third-order valence-electron chi connectivity index (χ3n) is 8.96. The zero-order chi connectivity index (χ0) is 18.2. The van der Waals surface area contributed by atoms with Crippen LogP contribution in [0.25, 0.3) is 0 Å². The number of rotatable bonds is 1. The van der Waals surface area contributed by atoms with Crippen LogP contribution in [0.5, 0.6) is 0 Å². The van der Waals surface area contributed by atoms with Gasteiger partial charge in [0, 0.05) is 18.3 Å². The molecule has 4 rings (SSSR count). The highest BCUT2D eigenvalue weighted by Gasteiger charge is 2.64. The molecule has 0 bridgehead atoms. The van der Waals surface area contributed by atoms with Gasteiger partial charge < -0.3 is 5.11 Å². The van der Waals surface area contributed by atoms with Gasteiger partial charge >= 0.3 is 0 Å². The molecule has 3 fully saturated rings. The summed E-state index contributed by atoms with van der Waals surface area (Å²) < 4.78 is 0. The number of carbonyl (C=O) groups excluding carboxylic acids is 2. The molecule has 7 atom stereocenters. The van der Waals surface area contributed by atoms with Gasteiger partial charge in [-0.2, -0.15) is 0 Å². The van der Waals surface area contributed by atoms with E-state index in [1.54, 1.807) is 12.5 Å². The highest BCUT2D eigenvalue weighted by molar-refractivity contribution is 5.86. The summed E-state index contributed by atoms with van der Waals surface area (Å²) in [6.07, 6.45) is 8.25. The van der Waals surface area contributed by atoms with Crippen molar-refractivity contribution in [3.05, 3.63) is 11.6 Å².